The van der Waals surface area contributed by atoms with Crippen molar-refractivity contribution < 1.29 is 19.2 Å². The standard InChI is InChI=1S/C22H27N3O3/c1-16(22(27)23-20-6-4-5-7-21(20)28-3)24-12-14-25(15-13-24)19-10-8-18(9-11-19)17(2)26/h4-11,16H,12-15H2,1-3H3,(H,23,27)/p+1/t16-/m1/s1. The molecule has 0 aliphatic carbocycles. The number of ether oxygens (including phenoxy) is 1. The molecule has 0 unspecified atom stereocenters. The van der Waals surface area contributed by atoms with Crippen molar-refractivity contribution in [2.75, 3.05) is 43.5 Å². The van der Waals surface area contributed by atoms with Crippen LogP contribution in [-0.2, 0) is 4.79 Å². The zero-order valence-electron chi connectivity index (χ0n) is 16.7. The summed E-state index contributed by atoms with van der Waals surface area (Å²) in [5.74, 6) is 0.742. The first kappa shape index (κ1) is 19.9. The molecule has 1 fully saturated rings. The zero-order chi connectivity index (χ0) is 20.1. The molecular formula is C22H28N3O3+. The van der Waals surface area contributed by atoms with Crippen molar-refractivity contribution >= 4 is 23.1 Å². The summed E-state index contributed by atoms with van der Waals surface area (Å²) < 4.78 is 5.31. The molecule has 1 atom stereocenters. The highest BCUT2D eigenvalue weighted by molar-refractivity contribution is 5.95. The maximum Gasteiger partial charge on any atom is 0.282 e. The van der Waals surface area contributed by atoms with Crippen molar-refractivity contribution in [1.29, 1.82) is 0 Å². The minimum atomic E-state index is -0.146. The largest absolute Gasteiger partial charge is 0.495 e. The maximum absolute atomic E-state index is 12.7. The highest BCUT2D eigenvalue weighted by atomic mass is 16.5. The van der Waals surface area contributed by atoms with Gasteiger partial charge in [0, 0.05) is 11.3 Å². The molecule has 0 saturated carbocycles. The minimum Gasteiger partial charge on any atom is -0.495 e. The van der Waals surface area contributed by atoms with E-state index in [1.54, 1.807) is 14.0 Å². The lowest BCUT2D eigenvalue weighted by Gasteiger charge is -2.36. The van der Waals surface area contributed by atoms with Crippen molar-refractivity contribution in [1.82, 2.24) is 0 Å². The summed E-state index contributed by atoms with van der Waals surface area (Å²) in [5, 5.41) is 2.99. The summed E-state index contributed by atoms with van der Waals surface area (Å²) >= 11 is 0. The van der Waals surface area contributed by atoms with Crippen LogP contribution in [0.5, 0.6) is 5.75 Å². The second-order valence-electron chi connectivity index (χ2n) is 7.16. The van der Waals surface area contributed by atoms with E-state index in [0.717, 1.165) is 37.4 Å². The van der Waals surface area contributed by atoms with Gasteiger partial charge in [0.05, 0.1) is 39.0 Å². The number of nitrogens with one attached hydrogen (secondary N) is 2. The number of anilines is 2. The molecule has 2 aromatic carbocycles. The zero-order valence-corrected chi connectivity index (χ0v) is 16.7. The Morgan fingerprint density at radius 1 is 1.07 bits per heavy atom. The maximum atomic E-state index is 12.7. The topological polar surface area (TPSA) is 63.1 Å². The number of quaternary nitrogens is 1. The highest BCUT2D eigenvalue weighted by Crippen LogP contribution is 2.23. The monoisotopic (exact) mass is 382 g/mol. The molecule has 1 aliphatic heterocycles. The number of hydrogen-bond donors (Lipinski definition) is 2. The lowest BCUT2D eigenvalue weighted by molar-refractivity contribution is -0.914. The number of benzene rings is 2. The van der Waals surface area contributed by atoms with Crippen LogP contribution < -0.4 is 19.9 Å². The van der Waals surface area contributed by atoms with Crippen LogP contribution in [0, 0.1) is 0 Å². The van der Waals surface area contributed by atoms with E-state index in [4.69, 9.17) is 4.74 Å². The number of ketones is 1. The Morgan fingerprint density at radius 2 is 1.71 bits per heavy atom. The summed E-state index contributed by atoms with van der Waals surface area (Å²) in [6.45, 7) is 7.07. The molecule has 1 heterocycles. The number of amides is 1. The molecule has 6 nitrogen and oxygen atoms in total. The molecule has 3 rings (SSSR count). The molecule has 2 aromatic rings. The molecule has 0 radical (unpaired) electrons. The van der Waals surface area contributed by atoms with Gasteiger partial charge in [-0.3, -0.25) is 9.59 Å². The Balaban J connectivity index is 1.56. The Hall–Kier alpha value is -2.86. The lowest BCUT2D eigenvalue weighted by Crippen LogP contribution is -3.19. The molecular weight excluding hydrogens is 354 g/mol. The molecule has 1 saturated heterocycles. The van der Waals surface area contributed by atoms with Crippen LogP contribution in [0.15, 0.2) is 48.5 Å². The number of methoxy groups -OCH3 is 1. The second kappa shape index (κ2) is 8.89. The third-order valence-corrected chi connectivity index (χ3v) is 5.42. The highest BCUT2D eigenvalue weighted by Gasteiger charge is 2.29. The summed E-state index contributed by atoms with van der Waals surface area (Å²) in [4.78, 5) is 27.7. The predicted octanol–water partition coefficient (Wildman–Crippen LogP) is 1.63. The Labute approximate surface area is 166 Å². The summed E-state index contributed by atoms with van der Waals surface area (Å²) in [7, 11) is 1.60. The van der Waals surface area contributed by atoms with Crippen molar-refractivity contribution in [3.8, 4) is 5.75 Å². The van der Waals surface area contributed by atoms with Gasteiger partial charge in [-0.1, -0.05) is 12.1 Å². The van der Waals surface area contributed by atoms with E-state index in [-0.39, 0.29) is 17.7 Å². The van der Waals surface area contributed by atoms with E-state index in [9.17, 15) is 9.59 Å². The normalized spacial score (nSPS) is 15.8. The van der Waals surface area contributed by atoms with Gasteiger partial charge in [0.2, 0.25) is 0 Å². The van der Waals surface area contributed by atoms with E-state index in [1.165, 1.54) is 4.90 Å². The smallest absolute Gasteiger partial charge is 0.282 e. The molecule has 0 spiro atoms. The second-order valence-corrected chi connectivity index (χ2v) is 7.16. The number of Topliss-reactive ketones (excluding diaryl/α,β-unsaturated/α-hetero) is 1. The first-order valence-electron chi connectivity index (χ1n) is 9.64. The molecule has 0 bridgehead atoms. The minimum absolute atomic E-state index is 0.00115. The number of piperazine rings is 1. The number of para-hydroxylation sites is 2. The average molecular weight is 382 g/mol. The van der Waals surface area contributed by atoms with Crippen molar-refractivity contribution in [2.24, 2.45) is 0 Å². The first-order chi connectivity index (χ1) is 13.5. The van der Waals surface area contributed by atoms with Gasteiger partial charge in [-0.05, 0) is 50.2 Å². The van der Waals surface area contributed by atoms with E-state index < -0.39 is 0 Å². The van der Waals surface area contributed by atoms with E-state index >= 15 is 0 Å². The fraction of sp³-hybridized carbons (Fsp3) is 0.364. The van der Waals surface area contributed by atoms with Crippen LogP contribution in [0.2, 0.25) is 0 Å². The van der Waals surface area contributed by atoms with Gasteiger partial charge >= 0.3 is 0 Å². The first-order valence-corrected chi connectivity index (χ1v) is 9.64. The number of carbonyl (C=O) groups excluding carboxylic acids is 2. The van der Waals surface area contributed by atoms with Crippen LogP contribution in [0.1, 0.15) is 24.2 Å². The van der Waals surface area contributed by atoms with Crippen molar-refractivity contribution in [3.05, 3.63) is 54.1 Å². The average Bonchev–Trinajstić information content (AvgIpc) is 2.73. The van der Waals surface area contributed by atoms with E-state index in [2.05, 4.69) is 10.2 Å². The van der Waals surface area contributed by atoms with Crippen molar-refractivity contribution in [3.63, 3.8) is 0 Å². The van der Waals surface area contributed by atoms with Gasteiger partial charge in [0.25, 0.3) is 5.91 Å². The van der Waals surface area contributed by atoms with Crippen LogP contribution in [0.25, 0.3) is 0 Å². The molecule has 28 heavy (non-hydrogen) atoms. The Morgan fingerprint density at radius 3 is 2.32 bits per heavy atom. The van der Waals surface area contributed by atoms with Gasteiger partial charge in [0.15, 0.2) is 11.8 Å². The van der Waals surface area contributed by atoms with E-state index in [0.29, 0.717) is 11.4 Å². The number of rotatable bonds is 6. The van der Waals surface area contributed by atoms with Gasteiger partial charge in [-0.25, -0.2) is 0 Å². The van der Waals surface area contributed by atoms with Crippen molar-refractivity contribution in [2.45, 2.75) is 19.9 Å². The third-order valence-electron chi connectivity index (χ3n) is 5.42. The number of carbonyl (C=O) groups is 2. The van der Waals surface area contributed by atoms with Crippen LogP contribution in [0.3, 0.4) is 0 Å². The van der Waals surface area contributed by atoms with Crippen LogP contribution >= 0.6 is 0 Å². The lowest BCUT2D eigenvalue weighted by atomic mass is 10.1. The molecule has 0 aromatic heterocycles. The Kier molecular flexibility index (Phi) is 6.31. The van der Waals surface area contributed by atoms with Crippen LogP contribution in [0.4, 0.5) is 11.4 Å². The Bertz CT molecular complexity index is 827. The van der Waals surface area contributed by atoms with E-state index in [1.807, 2.05) is 55.5 Å². The number of hydrogen-bond acceptors (Lipinski definition) is 4. The summed E-state index contributed by atoms with van der Waals surface area (Å²) in [5.41, 5.74) is 2.55. The number of nitrogens with zero attached hydrogens (tertiary/aromatic N) is 1. The summed E-state index contributed by atoms with van der Waals surface area (Å²) in [6.07, 6.45) is 0. The fourth-order valence-corrected chi connectivity index (χ4v) is 3.57. The van der Waals surface area contributed by atoms with Gasteiger partial charge in [-0.15, -0.1) is 0 Å². The predicted molar refractivity (Wildman–Crippen MR) is 110 cm³/mol. The quantitative estimate of drug-likeness (QED) is 0.746. The molecule has 148 valence electrons. The summed E-state index contributed by atoms with van der Waals surface area (Å²) in [6, 6.07) is 15.0. The van der Waals surface area contributed by atoms with Gasteiger partial charge < -0.3 is 19.9 Å². The van der Waals surface area contributed by atoms with Gasteiger partial charge in [-0.2, -0.15) is 0 Å². The van der Waals surface area contributed by atoms with Gasteiger partial charge in [0.1, 0.15) is 5.75 Å². The molecule has 6 heteroatoms. The van der Waals surface area contributed by atoms with Crippen LogP contribution in [-0.4, -0.2) is 51.0 Å². The SMILES string of the molecule is COc1ccccc1NC(=O)[C@@H](C)[NH+]1CCN(c2ccc(C(C)=O)cc2)CC1. The molecule has 1 aliphatic rings. The molecule has 1 amide bonds. The third kappa shape index (κ3) is 4.51. The fourth-order valence-electron chi connectivity index (χ4n) is 3.57. The molecule has 2 N–H and O–H groups in total.